The van der Waals surface area contributed by atoms with Crippen LogP contribution in [-0.2, 0) is 4.79 Å². The van der Waals surface area contributed by atoms with Gasteiger partial charge in [0.25, 0.3) is 0 Å². The summed E-state index contributed by atoms with van der Waals surface area (Å²) >= 11 is 0. The maximum Gasteiger partial charge on any atom is 0.354 e. The molecule has 6 heteroatoms. The van der Waals surface area contributed by atoms with Crippen LogP contribution in [0.2, 0.25) is 0 Å². The number of benzene rings is 1. The summed E-state index contributed by atoms with van der Waals surface area (Å²) in [4.78, 5) is 21.4. The predicted molar refractivity (Wildman–Crippen MR) is 57.0 cm³/mol. The van der Waals surface area contributed by atoms with Gasteiger partial charge in [-0.1, -0.05) is 0 Å². The molecule has 0 amide bonds. The van der Waals surface area contributed by atoms with Crippen LogP contribution in [0.5, 0.6) is 0 Å². The van der Waals surface area contributed by atoms with E-state index in [-0.39, 0.29) is 16.8 Å². The lowest BCUT2D eigenvalue weighted by Crippen LogP contribution is -2.15. The molecule has 0 saturated heterocycles. The molecular formula is C10H10N2O4. The second-order valence-electron chi connectivity index (χ2n) is 3.24. The first-order valence-electron chi connectivity index (χ1n) is 4.30. The molecule has 0 aliphatic carbocycles. The number of aromatic carboxylic acids is 1. The van der Waals surface area contributed by atoms with Gasteiger partial charge >= 0.3 is 11.9 Å². The summed E-state index contributed by atoms with van der Waals surface area (Å²) in [7, 11) is 0. The molecule has 0 atom stereocenters. The fraction of sp³-hybridized carbons (Fsp3) is 0.100. The maximum absolute atomic E-state index is 10.8. The summed E-state index contributed by atoms with van der Waals surface area (Å²) in [6, 6.07) is 2.46. The highest BCUT2D eigenvalue weighted by Gasteiger charge is 2.16. The molecule has 0 aromatic heterocycles. The van der Waals surface area contributed by atoms with Crippen LogP contribution in [0.25, 0.3) is 0 Å². The number of rotatable bonds is 3. The third kappa shape index (κ3) is 2.00. The number of carbonyl (C=O) groups is 2. The zero-order chi connectivity index (χ0) is 12.5. The maximum atomic E-state index is 10.8. The van der Waals surface area contributed by atoms with Crippen LogP contribution < -0.4 is 5.73 Å². The quantitative estimate of drug-likeness (QED) is 0.443. The molecule has 0 saturated carbocycles. The molecule has 0 aliphatic heterocycles. The van der Waals surface area contributed by atoms with Gasteiger partial charge in [-0.05, 0) is 24.6 Å². The second-order valence-corrected chi connectivity index (χ2v) is 3.24. The van der Waals surface area contributed by atoms with Crippen molar-refractivity contribution in [2.75, 3.05) is 5.73 Å². The van der Waals surface area contributed by atoms with Crippen molar-refractivity contribution in [3.05, 3.63) is 28.8 Å². The largest absolute Gasteiger partial charge is 0.478 e. The average Bonchev–Trinajstić information content (AvgIpc) is 2.20. The number of nitrogens with two attached hydrogens (primary N) is 1. The van der Waals surface area contributed by atoms with Gasteiger partial charge in [0.15, 0.2) is 0 Å². The van der Waals surface area contributed by atoms with Crippen molar-refractivity contribution in [2.24, 2.45) is 0 Å². The van der Waals surface area contributed by atoms with E-state index in [9.17, 15) is 9.59 Å². The molecule has 0 heterocycles. The van der Waals surface area contributed by atoms with Crippen molar-refractivity contribution >= 4 is 23.3 Å². The van der Waals surface area contributed by atoms with E-state index in [1.165, 1.54) is 6.07 Å². The second kappa shape index (κ2) is 4.01. The Labute approximate surface area is 90.8 Å². The minimum atomic E-state index is -1.42. The molecule has 0 aliphatic rings. The van der Waals surface area contributed by atoms with E-state index in [1.54, 1.807) is 6.92 Å². The number of hydrogen-bond donors (Lipinski definition) is 4. The van der Waals surface area contributed by atoms with Crippen LogP contribution in [0.1, 0.15) is 21.5 Å². The van der Waals surface area contributed by atoms with Gasteiger partial charge < -0.3 is 15.9 Å². The summed E-state index contributed by atoms with van der Waals surface area (Å²) in [6.07, 6.45) is 0. The molecule has 0 spiro atoms. The number of carboxylic acid groups (broad SMARTS) is 2. The van der Waals surface area contributed by atoms with Crippen molar-refractivity contribution < 1.29 is 19.8 Å². The SMILES string of the molecule is Cc1cc(C(=N)C(=O)O)cc(C(=O)O)c1N. The van der Waals surface area contributed by atoms with E-state index in [0.717, 1.165) is 6.07 Å². The summed E-state index contributed by atoms with van der Waals surface area (Å²) in [5.41, 5.74) is 5.21. The Balaban J connectivity index is 3.40. The van der Waals surface area contributed by atoms with Gasteiger partial charge in [0.1, 0.15) is 5.71 Å². The fourth-order valence-electron chi connectivity index (χ4n) is 1.24. The number of aliphatic carboxylic acids is 1. The minimum absolute atomic E-state index is 0.0246. The number of anilines is 1. The van der Waals surface area contributed by atoms with Crippen LogP contribution in [-0.4, -0.2) is 27.9 Å². The molecule has 0 fully saturated rings. The monoisotopic (exact) mass is 222 g/mol. The Kier molecular flexibility index (Phi) is 2.94. The van der Waals surface area contributed by atoms with Crippen LogP contribution in [0.3, 0.4) is 0 Å². The Morgan fingerprint density at radius 2 is 1.88 bits per heavy atom. The molecular weight excluding hydrogens is 212 g/mol. The lowest BCUT2D eigenvalue weighted by atomic mass is 10.0. The molecule has 0 radical (unpaired) electrons. The molecule has 1 aromatic carbocycles. The standard InChI is InChI=1S/C10H10N2O4/c1-4-2-5(8(12)10(15)16)3-6(7(4)11)9(13)14/h2-3,12H,11H2,1H3,(H,13,14)(H,15,16). The van der Waals surface area contributed by atoms with Gasteiger partial charge in [0.2, 0.25) is 0 Å². The van der Waals surface area contributed by atoms with Crippen molar-refractivity contribution in [3.8, 4) is 0 Å². The van der Waals surface area contributed by atoms with Crippen LogP contribution >= 0.6 is 0 Å². The van der Waals surface area contributed by atoms with Crippen molar-refractivity contribution in [1.82, 2.24) is 0 Å². The first-order valence-corrected chi connectivity index (χ1v) is 4.30. The van der Waals surface area contributed by atoms with E-state index in [2.05, 4.69) is 0 Å². The van der Waals surface area contributed by atoms with Gasteiger partial charge in [0, 0.05) is 11.3 Å². The Bertz CT molecular complexity index is 494. The first kappa shape index (κ1) is 11.7. The van der Waals surface area contributed by atoms with E-state index in [0.29, 0.717) is 5.56 Å². The van der Waals surface area contributed by atoms with Gasteiger partial charge in [-0.15, -0.1) is 0 Å². The van der Waals surface area contributed by atoms with Gasteiger partial charge in [-0.3, -0.25) is 5.41 Å². The molecule has 0 bridgehead atoms. The summed E-state index contributed by atoms with van der Waals surface area (Å²) < 4.78 is 0. The van der Waals surface area contributed by atoms with E-state index < -0.39 is 17.7 Å². The summed E-state index contributed by atoms with van der Waals surface area (Å²) in [6.45, 7) is 1.56. The van der Waals surface area contributed by atoms with E-state index in [4.69, 9.17) is 21.4 Å². The van der Waals surface area contributed by atoms with Gasteiger partial charge in [0.05, 0.1) is 5.56 Å². The lowest BCUT2D eigenvalue weighted by molar-refractivity contribution is -0.129. The predicted octanol–water partition coefficient (Wildman–Crippen LogP) is 0.728. The Hall–Kier alpha value is -2.37. The molecule has 5 N–H and O–H groups in total. The van der Waals surface area contributed by atoms with Crippen LogP contribution in [0.4, 0.5) is 5.69 Å². The van der Waals surface area contributed by atoms with Crippen LogP contribution in [0.15, 0.2) is 12.1 Å². The first-order chi connectivity index (χ1) is 7.34. The van der Waals surface area contributed by atoms with Crippen molar-refractivity contribution in [2.45, 2.75) is 6.92 Å². The molecule has 6 nitrogen and oxygen atoms in total. The molecule has 1 aromatic rings. The number of nitrogens with one attached hydrogen (secondary N) is 1. The third-order valence-corrected chi connectivity index (χ3v) is 2.12. The van der Waals surface area contributed by atoms with Crippen molar-refractivity contribution in [1.29, 1.82) is 5.41 Å². The molecule has 16 heavy (non-hydrogen) atoms. The third-order valence-electron chi connectivity index (χ3n) is 2.12. The molecule has 0 unspecified atom stereocenters. The highest BCUT2D eigenvalue weighted by atomic mass is 16.4. The number of carboxylic acids is 2. The average molecular weight is 222 g/mol. The minimum Gasteiger partial charge on any atom is -0.478 e. The zero-order valence-corrected chi connectivity index (χ0v) is 8.44. The van der Waals surface area contributed by atoms with Crippen molar-refractivity contribution in [3.63, 3.8) is 0 Å². The number of hydrogen-bond acceptors (Lipinski definition) is 4. The summed E-state index contributed by atoms with van der Waals surface area (Å²) in [5.74, 6) is -2.67. The highest BCUT2D eigenvalue weighted by Crippen LogP contribution is 2.20. The fourth-order valence-corrected chi connectivity index (χ4v) is 1.24. The highest BCUT2D eigenvalue weighted by molar-refractivity contribution is 6.41. The van der Waals surface area contributed by atoms with E-state index in [1.807, 2.05) is 0 Å². The van der Waals surface area contributed by atoms with Gasteiger partial charge in [-0.25, -0.2) is 9.59 Å². The van der Waals surface area contributed by atoms with Gasteiger partial charge in [-0.2, -0.15) is 0 Å². The molecule has 84 valence electrons. The molecule has 1 rings (SSSR count). The topological polar surface area (TPSA) is 124 Å². The smallest absolute Gasteiger partial charge is 0.354 e. The Morgan fingerprint density at radius 1 is 1.31 bits per heavy atom. The zero-order valence-electron chi connectivity index (χ0n) is 8.44. The summed E-state index contributed by atoms with van der Waals surface area (Å²) in [5, 5.41) is 24.7. The van der Waals surface area contributed by atoms with E-state index >= 15 is 0 Å². The number of aryl methyl sites for hydroxylation is 1. The number of nitrogen functional groups attached to an aromatic ring is 1. The lowest BCUT2D eigenvalue weighted by Gasteiger charge is -2.07. The normalized spacial score (nSPS) is 9.81. The van der Waals surface area contributed by atoms with Crippen LogP contribution in [0, 0.1) is 12.3 Å². The Morgan fingerprint density at radius 3 is 2.31 bits per heavy atom.